The van der Waals surface area contributed by atoms with Gasteiger partial charge in [-0.1, -0.05) is 0 Å². The van der Waals surface area contributed by atoms with Crippen molar-refractivity contribution in [1.29, 1.82) is 5.26 Å². The molecule has 0 aromatic heterocycles. The van der Waals surface area contributed by atoms with E-state index in [1.807, 2.05) is 6.07 Å². The van der Waals surface area contributed by atoms with Crippen LogP contribution < -0.4 is 5.48 Å². The molecule has 1 aromatic rings. The first-order valence-corrected chi connectivity index (χ1v) is 3.63. The summed E-state index contributed by atoms with van der Waals surface area (Å²) in [5, 5.41) is 17.0. The van der Waals surface area contributed by atoms with Gasteiger partial charge in [-0.2, -0.15) is 5.26 Å². The first-order chi connectivity index (χ1) is 6.17. The zero-order valence-electron chi connectivity index (χ0n) is 7.03. The summed E-state index contributed by atoms with van der Waals surface area (Å²) < 4.78 is 0. The van der Waals surface area contributed by atoms with Crippen LogP contribution in [0.3, 0.4) is 0 Å². The van der Waals surface area contributed by atoms with E-state index in [9.17, 15) is 4.79 Å². The number of carbonyl (C=O) groups excluding carboxylic acids is 1. The lowest BCUT2D eigenvalue weighted by Gasteiger charge is -2.00. The Morgan fingerprint density at radius 2 is 2.23 bits per heavy atom. The standard InChI is InChI=1S/C9H8N2O2/c1-6-2-7(5-10)4-8(3-6)9(12)11-13/h2-4,13H,1H3,(H,11,12). The largest absolute Gasteiger partial charge is 0.288 e. The van der Waals surface area contributed by atoms with E-state index in [0.29, 0.717) is 5.56 Å². The van der Waals surface area contributed by atoms with Crippen molar-refractivity contribution in [3.63, 3.8) is 0 Å². The van der Waals surface area contributed by atoms with E-state index in [1.165, 1.54) is 11.5 Å². The number of nitrogens with zero attached hydrogens (tertiary/aromatic N) is 1. The van der Waals surface area contributed by atoms with Crippen LogP contribution in [0.2, 0.25) is 0 Å². The summed E-state index contributed by atoms with van der Waals surface area (Å²) in [5.74, 6) is -0.611. The van der Waals surface area contributed by atoms with Gasteiger partial charge in [0.05, 0.1) is 11.6 Å². The monoisotopic (exact) mass is 176 g/mol. The molecule has 66 valence electrons. The van der Waals surface area contributed by atoms with Crippen LogP contribution in [0, 0.1) is 18.3 Å². The molecule has 0 bridgehead atoms. The average molecular weight is 176 g/mol. The van der Waals surface area contributed by atoms with Crippen LogP contribution in [0.15, 0.2) is 18.2 Å². The minimum absolute atomic E-state index is 0.277. The second-order valence-corrected chi connectivity index (χ2v) is 2.64. The molecule has 1 rings (SSSR count). The summed E-state index contributed by atoms with van der Waals surface area (Å²) in [6.07, 6.45) is 0. The fraction of sp³-hybridized carbons (Fsp3) is 0.111. The van der Waals surface area contributed by atoms with Gasteiger partial charge in [0, 0.05) is 5.56 Å². The number of hydroxylamine groups is 1. The molecule has 0 atom stereocenters. The van der Waals surface area contributed by atoms with E-state index in [4.69, 9.17) is 10.5 Å². The van der Waals surface area contributed by atoms with Gasteiger partial charge in [-0.05, 0) is 30.7 Å². The predicted molar refractivity (Wildman–Crippen MR) is 45.1 cm³/mol. The van der Waals surface area contributed by atoms with Gasteiger partial charge in [0.15, 0.2) is 0 Å². The van der Waals surface area contributed by atoms with Crippen LogP contribution >= 0.6 is 0 Å². The molecule has 2 N–H and O–H groups in total. The second-order valence-electron chi connectivity index (χ2n) is 2.64. The number of carbonyl (C=O) groups is 1. The third-order valence-corrected chi connectivity index (χ3v) is 1.57. The van der Waals surface area contributed by atoms with Gasteiger partial charge in [0.1, 0.15) is 0 Å². The minimum atomic E-state index is -0.611. The molecule has 0 aliphatic rings. The van der Waals surface area contributed by atoms with Crippen LogP contribution in [0.4, 0.5) is 0 Å². The minimum Gasteiger partial charge on any atom is -0.288 e. The van der Waals surface area contributed by atoms with Crippen molar-refractivity contribution in [3.8, 4) is 6.07 Å². The lowest BCUT2D eigenvalue weighted by Crippen LogP contribution is -2.18. The fourth-order valence-electron chi connectivity index (χ4n) is 1.04. The molecule has 0 unspecified atom stereocenters. The van der Waals surface area contributed by atoms with Crippen LogP contribution in [-0.4, -0.2) is 11.1 Å². The molecular formula is C9H8N2O2. The third-order valence-electron chi connectivity index (χ3n) is 1.57. The summed E-state index contributed by atoms with van der Waals surface area (Å²) >= 11 is 0. The maximum atomic E-state index is 11.0. The molecule has 0 heterocycles. The summed E-state index contributed by atoms with van der Waals surface area (Å²) in [6, 6.07) is 6.59. The Kier molecular flexibility index (Phi) is 2.62. The Hall–Kier alpha value is -1.86. The van der Waals surface area contributed by atoms with Gasteiger partial charge in [0.2, 0.25) is 0 Å². The first kappa shape index (κ1) is 9.23. The maximum Gasteiger partial charge on any atom is 0.274 e. The van der Waals surface area contributed by atoms with Gasteiger partial charge >= 0.3 is 0 Å². The fourth-order valence-corrected chi connectivity index (χ4v) is 1.04. The van der Waals surface area contributed by atoms with Gasteiger partial charge in [-0.15, -0.1) is 0 Å². The number of rotatable bonds is 1. The van der Waals surface area contributed by atoms with Crippen molar-refractivity contribution in [1.82, 2.24) is 5.48 Å². The SMILES string of the molecule is Cc1cc(C#N)cc(C(=O)NO)c1. The molecule has 13 heavy (non-hydrogen) atoms. The number of hydrogen-bond acceptors (Lipinski definition) is 3. The Morgan fingerprint density at radius 1 is 1.54 bits per heavy atom. The Labute approximate surface area is 75.4 Å². The van der Waals surface area contributed by atoms with E-state index in [-0.39, 0.29) is 5.56 Å². The number of benzene rings is 1. The van der Waals surface area contributed by atoms with Gasteiger partial charge < -0.3 is 0 Å². The Balaban J connectivity index is 3.17. The van der Waals surface area contributed by atoms with Crippen LogP contribution in [-0.2, 0) is 0 Å². The van der Waals surface area contributed by atoms with Crippen molar-refractivity contribution >= 4 is 5.91 Å². The molecule has 1 aromatic carbocycles. The van der Waals surface area contributed by atoms with Crippen molar-refractivity contribution in [2.75, 3.05) is 0 Å². The van der Waals surface area contributed by atoms with E-state index >= 15 is 0 Å². The summed E-state index contributed by atoms with van der Waals surface area (Å²) in [4.78, 5) is 11.0. The van der Waals surface area contributed by atoms with Gasteiger partial charge in [0.25, 0.3) is 5.91 Å². The maximum absolute atomic E-state index is 11.0. The summed E-state index contributed by atoms with van der Waals surface area (Å²) in [7, 11) is 0. The number of nitriles is 1. The van der Waals surface area contributed by atoms with E-state index in [0.717, 1.165) is 5.56 Å². The van der Waals surface area contributed by atoms with Crippen LogP contribution in [0.25, 0.3) is 0 Å². The first-order valence-electron chi connectivity index (χ1n) is 3.63. The highest BCUT2D eigenvalue weighted by Gasteiger charge is 2.05. The Morgan fingerprint density at radius 3 is 2.77 bits per heavy atom. The lowest BCUT2D eigenvalue weighted by molar-refractivity contribution is 0.0706. The van der Waals surface area contributed by atoms with Gasteiger partial charge in [-0.25, -0.2) is 5.48 Å². The zero-order chi connectivity index (χ0) is 9.84. The lowest BCUT2D eigenvalue weighted by atomic mass is 10.1. The van der Waals surface area contributed by atoms with Crippen molar-refractivity contribution in [2.45, 2.75) is 6.92 Å². The number of amides is 1. The molecule has 0 saturated carbocycles. The molecule has 0 fully saturated rings. The van der Waals surface area contributed by atoms with Crippen molar-refractivity contribution in [2.24, 2.45) is 0 Å². The van der Waals surface area contributed by atoms with Crippen LogP contribution in [0.5, 0.6) is 0 Å². The summed E-state index contributed by atoms with van der Waals surface area (Å²) in [5.41, 5.74) is 2.99. The van der Waals surface area contributed by atoms with E-state index in [1.54, 1.807) is 19.1 Å². The average Bonchev–Trinajstić information content (AvgIpc) is 2.15. The number of hydrogen-bond donors (Lipinski definition) is 2. The normalized spacial score (nSPS) is 9.00. The van der Waals surface area contributed by atoms with Gasteiger partial charge in [-0.3, -0.25) is 10.0 Å². The molecule has 0 spiro atoms. The third kappa shape index (κ3) is 2.04. The van der Waals surface area contributed by atoms with Crippen LogP contribution in [0.1, 0.15) is 21.5 Å². The Bertz CT molecular complexity index is 380. The second kappa shape index (κ2) is 3.70. The van der Waals surface area contributed by atoms with Crippen molar-refractivity contribution < 1.29 is 10.0 Å². The molecule has 0 aliphatic heterocycles. The zero-order valence-corrected chi connectivity index (χ0v) is 7.03. The smallest absolute Gasteiger partial charge is 0.274 e. The molecule has 1 amide bonds. The predicted octanol–water partition coefficient (Wildman–Crippen LogP) is 0.986. The highest BCUT2D eigenvalue weighted by Crippen LogP contribution is 2.08. The molecule has 0 aliphatic carbocycles. The highest BCUT2D eigenvalue weighted by molar-refractivity contribution is 5.93. The number of aryl methyl sites for hydroxylation is 1. The molecular weight excluding hydrogens is 168 g/mol. The molecule has 0 saturated heterocycles. The van der Waals surface area contributed by atoms with E-state index in [2.05, 4.69) is 0 Å². The summed E-state index contributed by atoms with van der Waals surface area (Å²) in [6.45, 7) is 1.77. The highest BCUT2D eigenvalue weighted by atomic mass is 16.5. The topological polar surface area (TPSA) is 73.1 Å². The molecule has 4 nitrogen and oxygen atoms in total. The quantitative estimate of drug-likeness (QED) is 0.495. The molecule has 0 radical (unpaired) electrons. The molecule has 4 heteroatoms. The number of nitrogens with one attached hydrogen (secondary N) is 1. The van der Waals surface area contributed by atoms with Crippen molar-refractivity contribution in [3.05, 3.63) is 34.9 Å². The van der Waals surface area contributed by atoms with E-state index < -0.39 is 5.91 Å².